The molecule has 1 aliphatic rings. The summed E-state index contributed by atoms with van der Waals surface area (Å²) < 4.78 is 14.2. The van der Waals surface area contributed by atoms with Crippen LogP contribution in [0.2, 0.25) is 0 Å². The monoisotopic (exact) mass is 272 g/mol. The summed E-state index contributed by atoms with van der Waals surface area (Å²) in [6.45, 7) is 4.11. The van der Waals surface area contributed by atoms with E-state index in [9.17, 15) is 9.50 Å². The van der Waals surface area contributed by atoms with Gasteiger partial charge in [0, 0.05) is 5.56 Å². The van der Waals surface area contributed by atoms with Crippen LogP contribution in [0.1, 0.15) is 43.7 Å². The fourth-order valence-corrected chi connectivity index (χ4v) is 2.15. The quantitative estimate of drug-likeness (QED) is 0.871. The average Bonchev–Trinajstić information content (AvgIpc) is 2.89. The van der Waals surface area contributed by atoms with Gasteiger partial charge in [0.1, 0.15) is 5.82 Å². The lowest BCUT2D eigenvalue weighted by Crippen LogP contribution is -2.09. The minimum absolute atomic E-state index is 0.320. The molecule has 0 unspecified atom stereocenters. The first kappa shape index (κ1) is 11.1. The van der Waals surface area contributed by atoms with Crippen molar-refractivity contribution in [1.82, 2.24) is 0 Å². The number of hydrogen-bond donors (Lipinski definition) is 1. The molecule has 0 bridgehead atoms. The second-order valence-electron chi connectivity index (χ2n) is 4.55. The van der Waals surface area contributed by atoms with E-state index < -0.39 is 5.60 Å². The van der Waals surface area contributed by atoms with Crippen molar-refractivity contribution < 1.29 is 9.50 Å². The highest BCUT2D eigenvalue weighted by molar-refractivity contribution is 9.10. The van der Waals surface area contributed by atoms with Crippen LogP contribution in [-0.2, 0) is 5.60 Å². The fraction of sp³-hybridized carbons (Fsp3) is 0.500. The largest absolute Gasteiger partial charge is 0.385 e. The van der Waals surface area contributed by atoms with Gasteiger partial charge in [-0.15, -0.1) is 0 Å². The van der Waals surface area contributed by atoms with Gasteiger partial charge in [0.2, 0.25) is 0 Å². The molecule has 0 atom stereocenters. The molecule has 1 aliphatic carbocycles. The second-order valence-corrected chi connectivity index (χ2v) is 5.40. The van der Waals surface area contributed by atoms with Crippen molar-refractivity contribution in [3.63, 3.8) is 0 Å². The van der Waals surface area contributed by atoms with E-state index >= 15 is 0 Å². The molecule has 2 rings (SSSR count). The average molecular weight is 273 g/mol. The maximum atomic E-state index is 13.8. The second kappa shape index (κ2) is 3.56. The number of hydrogen-bond acceptors (Lipinski definition) is 1. The van der Waals surface area contributed by atoms with E-state index in [1.54, 1.807) is 12.1 Å². The van der Waals surface area contributed by atoms with Crippen molar-refractivity contribution in [3.8, 4) is 0 Å². The minimum Gasteiger partial charge on any atom is -0.385 e. The zero-order valence-corrected chi connectivity index (χ0v) is 10.4. The molecule has 0 amide bonds. The summed E-state index contributed by atoms with van der Waals surface area (Å²) in [5, 5.41) is 9.95. The summed E-state index contributed by atoms with van der Waals surface area (Å²) in [4.78, 5) is 0. The summed E-state index contributed by atoms with van der Waals surface area (Å²) in [5.74, 6) is 0.0161. The SMILES string of the molecule is CC(C)c1cc(Br)c(F)c(C2(O)CC2)c1. The Balaban J connectivity index is 2.53. The lowest BCUT2D eigenvalue weighted by molar-refractivity contribution is 0.146. The summed E-state index contributed by atoms with van der Waals surface area (Å²) in [5.41, 5.74) is 0.594. The number of aliphatic hydroxyl groups is 1. The lowest BCUT2D eigenvalue weighted by Gasteiger charge is -2.14. The van der Waals surface area contributed by atoms with Gasteiger partial charge in [-0.2, -0.15) is 0 Å². The summed E-state index contributed by atoms with van der Waals surface area (Å²) in [6.07, 6.45) is 1.33. The molecule has 15 heavy (non-hydrogen) atoms. The zero-order chi connectivity index (χ0) is 11.2. The maximum absolute atomic E-state index is 13.8. The van der Waals surface area contributed by atoms with Crippen LogP contribution in [0.5, 0.6) is 0 Å². The van der Waals surface area contributed by atoms with Crippen LogP contribution < -0.4 is 0 Å². The van der Waals surface area contributed by atoms with Crippen LogP contribution in [0.3, 0.4) is 0 Å². The summed E-state index contributed by atoms with van der Waals surface area (Å²) in [6, 6.07) is 3.58. The first-order valence-corrected chi connectivity index (χ1v) is 5.95. The lowest BCUT2D eigenvalue weighted by atomic mass is 9.97. The Bertz CT molecular complexity index is 397. The first-order valence-electron chi connectivity index (χ1n) is 5.16. The van der Waals surface area contributed by atoms with Gasteiger partial charge >= 0.3 is 0 Å². The molecule has 0 heterocycles. The number of rotatable bonds is 2. The maximum Gasteiger partial charge on any atom is 0.143 e. The Morgan fingerprint density at radius 2 is 2.00 bits per heavy atom. The Kier molecular flexibility index (Phi) is 2.63. The Labute approximate surface area is 97.4 Å². The number of halogens is 2. The van der Waals surface area contributed by atoms with Crippen LogP contribution in [0.4, 0.5) is 4.39 Å². The smallest absolute Gasteiger partial charge is 0.143 e. The molecule has 0 aliphatic heterocycles. The van der Waals surface area contributed by atoms with Gasteiger partial charge < -0.3 is 5.11 Å². The molecule has 1 aromatic carbocycles. The highest BCUT2D eigenvalue weighted by Crippen LogP contribution is 2.47. The van der Waals surface area contributed by atoms with Crippen molar-refractivity contribution in [2.75, 3.05) is 0 Å². The van der Waals surface area contributed by atoms with Gasteiger partial charge in [-0.25, -0.2) is 4.39 Å². The van der Waals surface area contributed by atoms with Gasteiger partial charge in [-0.05, 0) is 52.4 Å². The molecular weight excluding hydrogens is 259 g/mol. The molecule has 0 aromatic heterocycles. The van der Waals surface area contributed by atoms with Crippen LogP contribution in [0.15, 0.2) is 16.6 Å². The molecule has 1 aromatic rings. The van der Waals surface area contributed by atoms with Crippen LogP contribution in [-0.4, -0.2) is 5.11 Å². The summed E-state index contributed by atoms with van der Waals surface area (Å²) in [7, 11) is 0. The molecular formula is C12H14BrFO. The molecule has 0 spiro atoms. The van der Waals surface area contributed by atoms with Crippen molar-refractivity contribution in [2.45, 2.75) is 38.2 Å². The van der Waals surface area contributed by atoms with Gasteiger partial charge in [-0.3, -0.25) is 0 Å². The summed E-state index contributed by atoms with van der Waals surface area (Å²) >= 11 is 3.20. The zero-order valence-electron chi connectivity index (χ0n) is 8.85. The number of benzene rings is 1. The molecule has 0 saturated heterocycles. The third-order valence-corrected chi connectivity index (χ3v) is 3.52. The van der Waals surface area contributed by atoms with Crippen molar-refractivity contribution in [2.24, 2.45) is 0 Å². The third-order valence-electron chi connectivity index (χ3n) is 2.94. The topological polar surface area (TPSA) is 20.2 Å². The van der Waals surface area contributed by atoms with Gasteiger partial charge in [0.25, 0.3) is 0 Å². The predicted octanol–water partition coefficient (Wildman–Crippen LogP) is 3.69. The highest BCUT2D eigenvalue weighted by atomic mass is 79.9. The molecule has 1 N–H and O–H groups in total. The predicted molar refractivity (Wildman–Crippen MR) is 61.3 cm³/mol. The van der Waals surface area contributed by atoms with Gasteiger partial charge in [0.15, 0.2) is 0 Å². The molecule has 1 nitrogen and oxygen atoms in total. The van der Waals surface area contributed by atoms with E-state index in [4.69, 9.17) is 0 Å². The third kappa shape index (κ3) is 1.95. The highest BCUT2D eigenvalue weighted by Gasteiger charge is 2.44. The van der Waals surface area contributed by atoms with E-state index in [0.717, 1.165) is 5.56 Å². The van der Waals surface area contributed by atoms with Crippen molar-refractivity contribution in [1.29, 1.82) is 0 Å². The van der Waals surface area contributed by atoms with E-state index in [0.29, 0.717) is 28.8 Å². The van der Waals surface area contributed by atoms with Crippen molar-refractivity contribution in [3.05, 3.63) is 33.5 Å². The van der Waals surface area contributed by atoms with Gasteiger partial charge in [-0.1, -0.05) is 13.8 Å². The molecule has 0 radical (unpaired) electrons. The van der Waals surface area contributed by atoms with Crippen LogP contribution in [0.25, 0.3) is 0 Å². The fourth-order valence-electron chi connectivity index (χ4n) is 1.67. The molecule has 3 heteroatoms. The van der Waals surface area contributed by atoms with Crippen LogP contribution >= 0.6 is 15.9 Å². The molecule has 82 valence electrons. The molecule has 1 saturated carbocycles. The van der Waals surface area contributed by atoms with E-state index in [1.807, 2.05) is 0 Å². The standard InChI is InChI=1S/C12H14BrFO/c1-7(2)8-5-9(12(15)3-4-12)11(14)10(13)6-8/h5-7,15H,3-4H2,1-2H3. The Hall–Kier alpha value is -0.410. The molecule has 1 fully saturated rings. The minimum atomic E-state index is -0.905. The Morgan fingerprint density at radius 1 is 1.40 bits per heavy atom. The van der Waals surface area contributed by atoms with E-state index in [1.165, 1.54) is 0 Å². The normalized spacial score (nSPS) is 18.3. The van der Waals surface area contributed by atoms with E-state index in [2.05, 4.69) is 29.8 Å². The van der Waals surface area contributed by atoms with Crippen molar-refractivity contribution >= 4 is 15.9 Å². The van der Waals surface area contributed by atoms with Gasteiger partial charge in [0.05, 0.1) is 10.1 Å². The van der Waals surface area contributed by atoms with Crippen LogP contribution in [0, 0.1) is 5.82 Å². The first-order chi connectivity index (χ1) is 6.94. The van der Waals surface area contributed by atoms with E-state index in [-0.39, 0.29) is 5.82 Å². The Morgan fingerprint density at radius 3 is 2.47 bits per heavy atom.